The molecule has 0 aliphatic carbocycles. The summed E-state index contributed by atoms with van der Waals surface area (Å²) in [5, 5.41) is 0. The van der Waals surface area contributed by atoms with Gasteiger partial charge >= 0.3 is 5.97 Å². The SMILES string of the molecule is COCC(C)n1c(C)cc(C(=O)COC(=O)c2cc(Br)ccc2F)c1C. The molecule has 0 N–H and O–H groups in total. The lowest BCUT2D eigenvalue weighted by atomic mass is 10.1. The van der Waals surface area contributed by atoms with Gasteiger partial charge in [0.1, 0.15) is 5.82 Å². The molecule has 0 bridgehead atoms. The number of hydrogen-bond donors (Lipinski definition) is 0. The molecule has 0 radical (unpaired) electrons. The van der Waals surface area contributed by atoms with Gasteiger partial charge in [-0.2, -0.15) is 0 Å². The number of Topliss-reactive ketones (excluding diaryl/α,β-unsaturated/α-hetero) is 1. The van der Waals surface area contributed by atoms with Crippen LogP contribution in [0.3, 0.4) is 0 Å². The fourth-order valence-corrected chi connectivity index (χ4v) is 3.35. The average molecular weight is 426 g/mol. The Morgan fingerprint density at radius 2 is 1.92 bits per heavy atom. The normalized spacial score (nSPS) is 12.1. The number of carbonyl (C=O) groups is 2. The minimum absolute atomic E-state index is 0.0693. The molecule has 26 heavy (non-hydrogen) atoms. The van der Waals surface area contributed by atoms with Gasteiger partial charge in [0, 0.05) is 28.5 Å². The Bertz CT molecular complexity index is 831. The predicted molar refractivity (Wildman–Crippen MR) is 99.2 cm³/mol. The van der Waals surface area contributed by atoms with Crippen LogP contribution in [0.5, 0.6) is 0 Å². The Morgan fingerprint density at radius 3 is 2.58 bits per heavy atom. The van der Waals surface area contributed by atoms with Crippen molar-refractivity contribution in [3.8, 4) is 0 Å². The number of halogens is 2. The predicted octanol–water partition coefficient (Wildman–Crippen LogP) is 4.25. The van der Waals surface area contributed by atoms with Gasteiger partial charge in [-0.1, -0.05) is 15.9 Å². The molecule has 1 atom stereocenters. The molecule has 0 amide bonds. The lowest BCUT2D eigenvalue weighted by Gasteiger charge is -2.17. The highest BCUT2D eigenvalue weighted by molar-refractivity contribution is 9.10. The lowest BCUT2D eigenvalue weighted by molar-refractivity contribution is 0.0469. The molecule has 0 aliphatic rings. The quantitative estimate of drug-likeness (QED) is 0.491. The topological polar surface area (TPSA) is 57.5 Å². The lowest BCUT2D eigenvalue weighted by Crippen LogP contribution is -2.17. The fourth-order valence-electron chi connectivity index (χ4n) is 2.99. The molecule has 1 heterocycles. The number of rotatable bonds is 7. The van der Waals surface area contributed by atoms with Gasteiger partial charge in [-0.05, 0) is 45.0 Å². The van der Waals surface area contributed by atoms with Gasteiger partial charge in [0.25, 0.3) is 0 Å². The van der Waals surface area contributed by atoms with Gasteiger partial charge in [-0.15, -0.1) is 0 Å². The minimum atomic E-state index is -0.876. The number of aromatic nitrogens is 1. The first-order valence-electron chi connectivity index (χ1n) is 8.09. The van der Waals surface area contributed by atoms with Crippen LogP contribution in [0, 0.1) is 19.7 Å². The Morgan fingerprint density at radius 1 is 1.23 bits per heavy atom. The summed E-state index contributed by atoms with van der Waals surface area (Å²) in [6.07, 6.45) is 0. The first-order valence-corrected chi connectivity index (χ1v) is 8.88. The van der Waals surface area contributed by atoms with Crippen LogP contribution in [0.25, 0.3) is 0 Å². The number of aryl methyl sites for hydroxylation is 1. The van der Waals surface area contributed by atoms with E-state index in [2.05, 4.69) is 15.9 Å². The first kappa shape index (κ1) is 20.3. The summed E-state index contributed by atoms with van der Waals surface area (Å²) in [5.74, 6) is -1.91. The number of benzene rings is 1. The first-order chi connectivity index (χ1) is 12.3. The summed E-state index contributed by atoms with van der Waals surface area (Å²) >= 11 is 3.17. The molecule has 2 rings (SSSR count). The molecule has 140 valence electrons. The third kappa shape index (κ3) is 4.40. The number of methoxy groups -OCH3 is 1. The molecule has 1 aromatic heterocycles. The van der Waals surface area contributed by atoms with Crippen molar-refractivity contribution >= 4 is 27.7 Å². The highest BCUT2D eigenvalue weighted by Gasteiger charge is 2.21. The zero-order valence-corrected chi connectivity index (χ0v) is 16.7. The van der Waals surface area contributed by atoms with Crippen LogP contribution in [0.15, 0.2) is 28.7 Å². The van der Waals surface area contributed by atoms with Crippen molar-refractivity contribution in [1.29, 1.82) is 0 Å². The number of ketones is 1. The molecular formula is C19H21BrFNO4. The smallest absolute Gasteiger partial charge is 0.341 e. The van der Waals surface area contributed by atoms with Crippen LogP contribution in [0.1, 0.15) is 45.1 Å². The summed E-state index contributed by atoms with van der Waals surface area (Å²) in [4.78, 5) is 24.5. The summed E-state index contributed by atoms with van der Waals surface area (Å²) in [7, 11) is 1.62. The summed E-state index contributed by atoms with van der Waals surface area (Å²) in [6.45, 7) is 5.80. The number of hydrogen-bond acceptors (Lipinski definition) is 4. The maximum atomic E-state index is 13.7. The van der Waals surface area contributed by atoms with E-state index in [1.54, 1.807) is 13.2 Å². The van der Waals surface area contributed by atoms with E-state index >= 15 is 0 Å². The summed E-state index contributed by atoms with van der Waals surface area (Å²) in [5.41, 5.74) is 1.96. The average Bonchev–Trinajstić information content (AvgIpc) is 2.89. The van der Waals surface area contributed by atoms with Crippen molar-refractivity contribution in [1.82, 2.24) is 4.57 Å². The van der Waals surface area contributed by atoms with Crippen molar-refractivity contribution in [2.24, 2.45) is 0 Å². The third-order valence-corrected chi connectivity index (χ3v) is 4.61. The van der Waals surface area contributed by atoms with Gasteiger partial charge < -0.3 is 14.0 Å². The molecule has 1 unspecified atom stereocenters. The fraction of sp³-hybridized carbons (Fsp3) is 0.368. The molecule has 0 fully saturated rings. The van der Waals surface area contributed by atoms with Crippen LogP contribution in [-0.2, 0) is 9.47 Å². The highest BCUT2D eigenvalue weighted by atomic mass is 79.9. The second-order valence-corrected chi connectivity index (χ2v) is 7.00. The van der Waals surface area contributed by atoms with Gasteiger partial charge in [-0.25, -0.2) is 9.18 Å². The third-order valence-electron chi connectivity index (χ3n) is 4.12. The number of esters is 1. The van der Waals surface area contributed by atoms with Crippen LogP contribution in [0.2, 0.25) is 0 Å². The standard InChI is InChI=1S/C19H21BrFNO4/c1-11-7-15(13(3)22(11)12(2)9-25-4)18(23)10-26-19(24)16-8-14(20)5-6-17(16)21/h5-8,12H,9-10H2,1-4H3. The molecular weight excluding hydrogens is 405 g/mol. The van der Waals surface area contributed by atoms with Gasteiger partial charge in [0.2, 0.25) is 5.78 Å². The Kier molecular flexibility index (Phi) is 6.72. The zero-order valence-electron chi connectivity index (χ0n) is 15.1. The molecule has 0 saturated carbocycles. The Balaban J connectivity index is 2.12. The minimum Gasteiger partial charge on any atom is -0.454 e. The van der Waals surface area contributed by atoms with E-state index in [-0.39, 0.29) is 17.4 Å². The van der Waals surface area contributed by atoms with Crippen LogP contribution in [-0.4, -0.2) is 36.6 Å². The maximum Gasteiger partial charge on any atom is 0.341 e. The van der Waals surface area contributed by atoms with Crippen molar-refractivity contribution in [3.63, 3.8) is 0 Å². The van der Waals surface area contributed by atoms with E-state index in [1.165, 1.54) is 12.1 Å². The van der Waals surface area contributed by atoms with E-state index in [1.807, 2.05) is 25.3 Å². The summed E-state index contributed by atoms with van der Waals surface area (Å²) < 4.78 is 26.5. The molecule has 1 aromatic carbocycles. The summed E-state index contributed by atoms with van der Waals surface area (Å²) in [6, 6.07) is 5.79. The van der Waals surface area contributed by atoms with E-state index in [4.69, 9.17) is 9.47 Å². The molecule has 0 saturated heterocycles. The van der Waals surface area contributed by atoms with Crippen LogP contribution < -0.4 is 0 Å². The monoisotopic (exact) mass is 425 g/mol. The molecule has 5 nitrogen and oxygen atoms in total. The van der Waals surface area contributed by atoms with Crippen molar-refractivity contribution in [3.05, 3.63) is 57.1 Å². The molecule has 0 spiro atoms. The number of nitrogens with zero attached hydrogens (tertiary/aromatic N) is 1. The van der Waals surface area contributed by atoms with E-state index in [0.717, 1.165) is 17.5 Å². The van der Waals surface area contributed by atoms with E-state index < -0.39 is 18.4 Å². The van der Waals surface area contributed by atoms with Gasteiger partial charge in [0.15, 0.2) is 6.61 Å². The molecule has 7 heteroatoms. The number of ether oxygens (including phenoxy) is 2. The van der Waals surface area contributed by atoms with Crippen LogP contribution >= 0.6 is 15.9 Å². The van der Waals surface area contributed by atoms with Gasteiger partial charge in [0.05, 0.1) is 18.2 Å². The largest absolute Gasteiger partial charge is 0.454 e. The molecule has 2 aromatic rings. The van der Waals surface area contributed by atoms with Crippen LogP contribution in [0.4, 0.5) is 4.39 Å². The second kappa shape index (κ2) is 8.60. The Labute approximate surface area is 160 Å². The van der Waals surface area contributed by atoms with Gasteiger partial charge in [-0.3, -0.25) is 4.79 Å². The zero-order chi connectivity index (χ0) is 19.4. The Hall–Kier alpha value is -1.99. The number of carbonyl (C=O) groups excluding carboxylic acids is 2. The van der Waals surface area contributed by atoms with Crippen molar-refractivity contribution < 1.29 is 23.5 Å². The van der Waals surface area contributed by atoms with E-state index in [9.17, 15) is 14.0 Å². The second-order valence-electron chi connectivity index (χ2n) is 6.08. The molecule has 0 aliphatic heterocycles. The highest BCUT2D eigenvalue weighted by Crippen LogP contribution is 2.22. The van der Waals surface area contributed by atoms with Crippen molar-refractivity contribution in [2.45, 2.75) is 26.8 Å². The van der Waals surface area contributed by atoms with E-state index in [0.29, 0.717) is 16.6 Å². The maximum absolute atomic E-state index is 13.7. The van der Waals surface area contributed by atoms with Crippen molar-refractivity contribution in [2.75, 3.05) is 20.3 Å².